The summed E-state index contributed by atoms with van der Waals surface area (Å²) in [6.07, 6.45) is 0.0545. The lowest BCUT2D eigenvalue weighted by molar-refractivity contribution is -0.883. The molecule has 3 rings (SSSR count). The Morgan fingerprint density at radius 2 is 1.81 bits per heavy atom. The normalized spacial score (nSPS) is 21.1. The lowest BCUT2D eigenvalue weighted by atomic mass is 9.82. The van der Waals surface area contributed by atoms with Gasteiger partial charge in [-0.15, -0.1) is 0 Å². The predicted octanol–water partition coefficient (Wildman–Crippen LogP) is 0.555. The van der Waals surface area contributed by atoms with Crippen molar-refractivity contribution >= 4 is 23.4 Å². The van der Waals surface area contributed by atoms with Crippen LogP contribution in [0.5, 0.6) is 0 Å². The molecule has 3 atom stereocenters. The smallest absolute Gasteiger partial charge is 0.282 e. The molecule has 2 fully saturated rings. The number of nitrogens with one attached hydrogen (secondary N) is 3. The Kier molecular flexibility index (Phi) is 9.57. The van der Waals surface area contributed by atoms with Crippen molar-refractivity contribution in [1.29, 1.82) is 0 Å². The van der Waals surface area contributed by atoms with Gasteiger partial charge in [0, 0.05) is 31.1 Å². The van der Waals surface area contributed by atoms with E-state index in [9.17, 15) is 23.2 Å². The molecule has 1 saturated carbocycles. The number of halogens is 3. The third-order valence-corrected chi connectivity index (χ3v) is 7.78. The molecule has 8 nitrogen and oxygen atoms in total. The molecule has 0 unspecified atom stereocenters. The average molecular weight is 528 g/mol. The zero-order valence-electron chi connectivity index (χ0n) is 21.9. The van der Waals surface area contributed by atoms with E-state index in [1.807, 2.05) is 0 Å². The van der Waals surface area contributed by atoms with Gasteiger partial charge >= 0.3 is 0 Å². The van der Waals surface area contributed by atoms with Crippen LogP contribution in [0.25, 0.3) is 0 Å². The zero-order chi connectivity index (χ0) is 27.3. The third-order valence-electron chi connectivity index (χ3n) is 7.78. The quantitative estimate of drug-likeness (QED) is 0.397. The van der Waals surface area contributed by atoms with Crippen LogP contribution in [0.1, 0.15) is 57.4 Å². The number of alkyl halides is 2. The van der Waals surface area contributed by atoms with Crippen molar-refractivity contribution in [3.05, 3.63) is 29.6 Å². The third kappa shape index (κ3) is 7.44. The van der Waals surface area contributed by atoms with Gasteiger partial charge in [0.05, 0.1) is 38.9 Å². The molecular formula is C26H40F3N5O3+2. The molecule has 1 aromatic rings. The number of carbonyl (C=O) groups is 3. The molecule has 2 aliphatic rings. The highest BCUT2D eigenvalue weighted by molar-refractivity contribution is 5.94. The van der Waals surface area contributed by atoms with E-state index in [1.165, 1.54) is 17.0 Å². The summed E-state index contributed by atoms with van der Waals surface area (Å²) in [6.45, 7) is 6.26. The second kappa shape index (κ2) is 12.3. The van der Waals surface area contributed by atoms with Crippen LogP contribution in [0.2, 0.25) is 0 Å². The number of piperazine rings is 1. The first-order valence-electron chi connectivity index (χ1n) is 13.1. The number of hydrogen-bond acceptors (Lipinski definition) is 3. The Morgan fingerprint density at radius 1 is 1.19 bits per heavy atom. The van der Waals surface area contributed by atoms with Crippen LogP contribution in [-0.4, -0.2) is 73.9 Å². The van der Waals surface area contributed by atoms with E-state index in [2.05, 4.69) is 23.4 Å². The van der Waals surface area contributed by atoms with Gasteiger partial charge in [-0.05, 0) is 30.5 Å². The first-order valence-corrected chi connectivity index (χ1v) is 13.1. The SMILES string of the molecule is CCC(=O)N[C@@H](C(=O)N1CC[NH+](C)CC1)[C@@H](C)c1ccc(NC(=O)[C@@H]([NH3+])C2CCC(F)(F)CC2)c(F)c1. The number of amides is 3. The highest BCUT2D eigenvalue weighted by atomic mass is 19.3. The van der Waals surface area contributed by atoms with Crippen molar-refractivity contribution in [3.8, 4) is 0 Å². The zero-order valence-corrected chi connectivity index (χ0v) is 21.9. The summed E-state index contributed by atoms with van der Waals surface area (Å²) in [4.78, 5) is 41.3. The van der Waals surface area contributed by atoms with Crippen LogP contribution < -0.4 is 21.3 Å². The number of quaternary nitrogens is 2. The summed E-state index contributed by atoms with van der Waals surface area (Å²) < 4.78 is 41.9. The molecule has 206 valence electrons. The van der Waals surface area contributed by atoms with E-state index >= 15 is 4.39 Å². The van der Waals surface area contributed by atoms with Gasteiger partial charge in [-0.25, -0.2) is 13.2 Å². The van der Waals surface area contributed by atoms with Crippen molar-refractivity contribution in [2.24, 2.45) is 5.92 Å². The van der Waals surface area contributed by atoms with Crippen LogP contribution in [0.3, 0.4) is 0 Å². The molecule has 3 amide bonds. The van der Waals surface area contributed by atoms with E-state index in [4.69, 9.17) is 0 Å². The van der Waals surface area contributed by atoms with Gasteiger partial charge in [0.25, 0.3) is 5.91 Å². The molecule has 37 heavy (non-hydrogen) atoms. The molecule has 0 spiro atoms. The summed E-state index contributed by atoms with van der Waals surface area (Å²) in [5.41, 5.74) is 4.31. The minimum Gasteiger partial charge on any atom is -0.347 e. The molecule has 1 saturated heterocycles. The summed E-state index contributed by atoms with van der Waals surface area (Å²) in [5, 5.41) is 5.34. The van der Waals surface area contributed by atoms with Crippen molar-refractivity contribution in [2.75, 3.05) is 38.5 Å². The van der Waals surface area contributed by atoms with Gasteiger partial charge in [-0.2, -0.15) is 0 Å². The molecule has 1 heterocycles. The number of benzene rings is 1. The van der Waals surface area contributed by atoms with Crippen LogP contribution in [-0.2, 0) is 14.4 Å². The van der Waals surface area contributed by atoms with Gasteiger partial charge in [0.1, 0.15) is 11.9 Å². The van der Waals surface area contributed by atoms with Crippen molar-refractivity contribution in [1.82, 2.24) is 10.2 Å². The van der Waals surface area contributed by atoms with E-state index in [0.29, 0.717) is 18.7 Å². The largest absolute Gasteiger partial charge is 0.347 e. The predicted molar refractivity (Wildman–Crippen MR) is 132 cm³/mol. The van der Waals surface area contributed by atoms with E-state index in [0.717, 1.165) is 13.1 Å². The van der Waals surface area contributed by atoms with Gasteiger partial charge < -0.3 is 26.2 Å². The number of nitrogens with zero attached hydrogens (tertiary/aromatic N) is 1. The first-order chi connectivity index (χ1) is 17.4. The van der Waals surface area contributed by atoms with Crippen LogP contribution in [0.4, 0.5) is 18.9 Å². The fourth-order valence-corrected chi connectivity index (χ4v) is 4.99. The van der Waals surface area contributed by atoms with Crippen molar-refractivity contribution in [3.63, 3.8) is 0 Å². The van der Waals surface area contributed by atoms with E-state index in [-0.39, 0.29) is 55.5 Å². The minimum atomic E-state index is -2.70. The molecular weight excluding hydrogens is 487 g/mol. The van der Waals surface area contributed by atoms with E-state index in [1.54, 1.807) is 24.8 Å². The Bertz CT molecular complexity index is 974. The lowest BCUT2D eigenvalue weighted by Gasteiger charge is -2.34. The lowest BCUT2D eigenvalue weighted by Crippen LogP contribution is -3.12. The topological polar surface area (TPSA) is 111 Å². The molecule has 0 bridgehead atoms. The van der Waals surface area contributed by atoms with Crippen molar-refractivity contribution in [2.45, 2.75) is 69.9 Å². The Morgan fingerprint density at radius 3 is 2.38 bits per heavy atom. The van der Waals surface area contributed by atoms with Gasteiger partial charge in [0.2, 0.25) is 17.7 Å². The monoisotopic (exact) mass is 527 g/mol. The highest BCUT2D eigenvalue weighted by Gasteiger charge is 2.40. The Labute approximate surface area is 216 Å². The molecule has 0 radical (unpaired) electrons. The van der Waals surface area contributed by atoms with Crippen LogP contribution in [0.15, 0.2) is 18.2 Å². The number of anilines is 1. The van der Waals surface area contributed by atoms with Crippen LogP contribution in [0, 0.1) is 11.7 Å². The van der Waals surface area contributed by atoms with Crippen molar-refractivity contribution < 1.29 is 38.2 Å². The number of carbonyl (C=O) groups excluding carboxylic acids is 3. The maximum absolute atomic E-state index is 15.0. The standard InChI is InChI=1S/C26H38F3N5O3/c1-4-21(35)32-23(25(37)34-13-11-33(3)12-14-34)16(2)18-5-6-20(19(27)15-18)31-24(36)22(30)17-7-9-26(28,29)10-8-17/h5-6,15-17,22-23H,4,7-14,30H2,1-3H3,(H,31,36)(H,32,35)/p+2/t16-,22-,23+/m0/s1. The maximum Gasteiger partial charge on any atom is 0.282 e. The second-order valence-corrected chi connectivity index (χ2v) is 10.5. The maximum atomic E-state index is 15.0. The fourth-order valence-electron chi connectivity index (χ4n) is 4.99. The van der Waals surface area contributed by atoms with Gasteiger partial charge in [-0.1, -0.05) is 19.9 Å². The minimum absolute atomic E-state index is 0.0433. The molecule has 1 aromatic carbocycles. The molecule has 1 aliphatic carbocycles. The first kappa shape index (κ1) is 28.9. The number of likely N-dealkylation sites (N-methyl/N-ethyl adjacent to an activating group) is 1. The average Bonchev–Trinajstić information content (AvgIpc) is 2.87. The summed E-state index contributed by atoms with van der Waals surface area (Å²) in [7, 11) is 2.06. The summed E-state index contributed by atoms with van der Waals surface area (Å²) >= 11 is 0. The summed E-state index contributed by atoms with van der Waals surface area (Å²) in [5.74, 6) is -5.17. The fraction of sp³-hybridized carbons (Fsp3) is 0.654. The molecule has 6 N–H and O–H groups in total. The molecule has 0 aromatic heterocycles. The molecule has 1 aliphatic heterocycles. The van der Waals surface area contributed by atoms with Crippen LogP contribution >= 0.6 is 0 Å². The number of rotatable bonds is 8. The molecule has 11 heteroatoms. The second-order valence-electron chi connectivity index (χ2n) is 10.5. The Balaban J connectivity index is 1.70. The summed E-state index contributed by atoms with van der Waals surface area (Å²) in [6, 6.07) is 2.68. The van der Waals surface area contributed by atoms with Gasteiger partial charge in [0.15, 0.2) is 6.04 Å². The Hall–Kier alpha value is -2.66. The highest BCUT2D eigenvalue weighted by Crippen LogP contribution is 2.37. The van der Waals surface area contributed by atoms with Gasteiger partial charge in [-0.3, -0.25) is 14.4 Å². The van der Waals surface area contributed by atoms with E-state index < -0.39 is 35.6 Å². The number of hydrogen-bond donors (Lipinski definition) is 4.